The number of nitrogens with zero attached hydrogens (tertiary/aromatic N) is 4. The molecule has 6 nitrogen and oxygen atoms in total. The SMILES string of the molecule is Cc1c(F)c(C)c2[nH]ncc2c1-c1cn2cc(N)nc2cn1. The molecule has 110 valence electrons. The molecule has 1 aromatic carbocycles. The number of fused-ring (bicyclic) bond motifs is 2. The Bertz CT molecular complexity index is 1030. The predicted octanol–water partition coefficient (Wildman–Crippen LogP) is 2.61. The van der Waals surface area contributed by atoms with Crippen LogP contribution in [-0.4, -0.2) is 24.6 Å². The van der Waals surface area contributed by atoms with Crippen LogP contribution in [0.4, 0.5) is 10.2 Å². The van der Waals surface area contributed by atoms with Crippen molar-refractivity contribution >= 4 is 22.4 Å². The minimum Gasteiger partial charge on any atom is -0.382 e. The summed E-state index contributed by atoms with van der Waals surface area (Å²) in [5.41, 5.74) is 9.50. The molecule has 0 bridgehead atoms. The molecule has 0 spiro atoms. The van der Waals surface area contributed by atoms with E-state index >= 15 is 0 Å². The maximum absolute atomic E-state index is 14.5. The number of nitrogens with two attached hydrogens (primary N) is 1. The van der Waals surface area contributed by atoms with Gasteiger partial charge in [0.05, 0.1) is 29.8 Å². The molecule has 3 N–H and O–H groups in total. The zero-order valence-electron chi connectivity index (χ0n) is 12.1. The van der Waals surface area contributed by atoms with Gasteiger partial charge in [-0.3, -0.25) is 10.1 Å². The molecule has 0 saturated carbocycles. The Kier molecular flexibility index (Phi) is 2.47. The second-order valence-corrected chi connectivity index (χ2v) is 5.30. The Morgan fingerprint density at radius 3 is 2.82 bits per heavy atom. The minimum atomic E-state index is -0.251. The summed E-state index contributed by atoms with van der Waals surface area (Å²) in [6.07, 6.45) is 6.81. The van der Waals surface area contributed by atoms with Crippen molar-refractivity contribution in [3.63, 3.8) is 0 Å². The molecule has 0 aliphatic carbocycles. The van der Waals surface area contributed by atoms with Crippen molar-refractivity contribution in [3.05, 3.63) is 41.7 Å². The van der Waals surface area contributed by atoms with E-state index in [4.69, 9.17) is 5.73 Å². The summed E-state index contributed by atoms with van der Waals surface area (Å²) >= 11 is 0. The van der Waals surface area contributed by atoms with Gasteiger partial charge in [-0.25, -0.2) is 9.37 Å². The number of H-pyrrole nitrogens is 1. The Labute approximate surface area is 124 Å². The maximum Gasteiger partial charge on any atom is 0.157 e. The number of aryl methyl sites for hydroxylation is 1. The highest BCUT2D eigenvalue weighted by Crippen LogP contribution is 2.34. The van der Waals surface area contributed by atoms with E-state index in [1.807, 2.05) is 0 Å². The number of halogens is 1. The molecule has 22 heavy (non-hydrogen) atoms. The monoisotopic (exact) mass is 296 g/mol. The number of rotatable bonds is 1. The van der Waals surface area contributed by atoms with Gasteiger partial charge in [-0.15, -0.1) is 0 Å². The fourth-order valence-electron chi connectivity index (χ4n) is 2.84. The van der Waals surface area contributed by atoms with Gasteiger partial charge in [-0.1, -0.05) is 0 Å². The van der Waals surface area contributed by atoms with E-state index in [-0.39, 0.29) is 5.82 Å². The van der Waals surface area contributed by atoms with E-state index in [1.54, 1.807) is 43.0 Å². The van der Waals surface area contributed by atoms with Gasteiger partial charge in [0.25, 0.3) is 0 Å². The molecular weight excluding hydrogens is 283 g/mol. The van der Waals surface area contributed by atoms with Crippen molar-refractivity contribution in [2.45, 2.75) is 13.8 Å². The van der Waals surface area contributed by atoms with E-state index in [0.717, 1.165) is 10.9 Å². The molecule has 4 rings (SSSR count). The van der Waals surface area contributed by atoms with Crippen molar-refractivity contribution in [3.8, 4) is 11.3 Å². The Balaban J connectivity index is 2.09. The third kappa shape index (κ3) is 1.62. The molecule has 0 fully saturated rings. The highest BCUT2D eigenvalue weighted by atomic mass is 19.1. The average molecular weight is 296 g/mol. The molecule has 0 aliphatic heterocycles. The summed E-state index contributed by atoms with van der Waals surface area (Å²) in [7, 11) is 0. The first kappa shape index (κ1) is 12.8. The largest absolute Gasteiger partial charge is 0.382 e. The van der Waals surface area contributed by atoms with Gasteiger partial charge >= 0.3 is 0 Å². The second-order valence-electron chi connectivity index (χ2n) is 5.30. The Hall–Kier alpha value is -2.96. The first-order valence-electron chi connectivity index (χ1n) is 6.78. The van der Waals surface area contributed by atoms with Crippen LogP contribution < -0.4 is 5.73 Å². The van der Waals surface area contributed by atoms with Crippen LogP contribution in [0, 0.1) is 19.7 Å². The van der Waals surface area contributed by atoms with Crippen LogP contribution in [0.5, 0.6) is 0 Å². The Morgan fingerprint density at radius 1 is 1.18 bits per heavy atom. The quantitative estimate of drug-likeness (QED) is 0.565. The minimum absolute atomic E-state index is 0.251. The molecule has 7 heteroatoms. The lowest BCUT2D eigenvalue weighted by Crippen LogP contribution is -1.97. The van der Waals surface area contributed by atoms with Crippen molar-refractivity contribution < 1.29 is 4.39 Å². The van der Waals surface area contributed by atoms with Crippen LogP contribution in [0.2, 0.25) is 0 Å². The van der Waals surface area contributed by atoms with Crippen molar-refractivity contribution in [2.75, 3.05) is 5.73 Å². The number of hydrogen-bond acceptors (Lipinski definition) is 4. The molecule has 0 unspecified atom stereocenters. The van der Waals surface area contributed by atoms with Gasteiger partial charge in [-0.05, 0) is 19.4 Å². The van der Waals surface area contributed by atoms with Crippen LogP contribution in [0.3, 0.4) is 0 Å². The number of nitrogens with one attached hydrogen (secondary N) is 1. The van der Waals surface area contributed by atoms with E-state index in [0.29, 0.717) is 33.8 Å². The smallest absolute Gasteiger partial charge is 0.157 e. The summed E-state index contributed by atoms with van der Waals surface area (Å²) in [6, 6.07) is 0. The third-order valence-corrected chi connectivity index (χ3v) is 3.93. The van der Waals surface area contributed by atoms with E-state index < -0.39 is 0 Å². The molecule has 0 atom stereocenters. The van der Waals surface area contributed by atoms with Gasteiger partial charge < -0.3 is 10.1 Å². The predicted molar refractivity (Wildman–Crippen MR) is 81.9 cm³/mol. The zero-order chi connectivity index (χ0) is 15.4. The molecule has 4 aromatic rings. The van der Waals surface area contributed by atoms with Crippen molar-refractivity contribution in [2.24, 2.45) is 0 Å². The normalized spacial score (nSPS) is 11.6. The lowest BCUT2D eigenvalue weighted by Gasteiger charge is -2.11. The van der Waals surface area contributed by atoms with Crippen LogP contribution >= 0.6 is 0 Å². The Morgan fingerprint density at radius 2 is 2.00 bits per heavy atom. The number of benzene rings is 1. The highest BCUT2D eigenvalue weighted by Gasteiger charge is 2.18. The first-order chi connectivity index (χ1) is 10.6. The van der Waals surface area contributed by atoms with Gasteiger partial charge in [-0.2, -0.15) is 5.10 Å². The van der Waals surface area contributed by atoms with Crippen LogP contribution in [0.25, 0.3) is 27.8 Å². The zero-order valence-corrected chi connectivity index (χ0v) is 12.1. The topological polar surface area (TPSA) is 84.9 Å². The summed E-state index contributed by atoms with van der Waals surface area (Å²) in [5.74, 6) is 0.165. The second kappa shape index (κ2) is 4.27. The number of hydrogen-bond donors (Lipinski definition) is 2. The first-order valence-corrected chi connectivity index (χ1v) is 6.78. The molecule has 0 saturated heterocycles. The number of nitrogen functional groups attached to an aromatic ring is 1. The maximum atomic E-state index is 14.5. The summed E-state index contributed by atoms with van der Waals surface area (Å²) in [4.78, 5) is 8.54. The third-order valence-electron chi connectivity index (χ3n) is 3.93. The lowest BCUT2D eigenvalue weighted by molar-refractivity contribution is 0.612. The van der Waals surface area contributed by atoms with Gasteiger partial charge in [0.15, 0.2) is 5.65 Å². The molecule has 0 amide bonds. The molecule has 0 radical (unpaired) electrons. The number of imidazole rings is 1. The van der Waals surface area contributed by atoms with E-state index in [2.05, 4.69) is 20.2 Å². The van der Waals surface area contributed by atoms with Gasteiger partial charge in [0.2, 0.25) is 0 Å². The van der Waals surface area contributed by atoms with Crippen molar-refractivity contribution in [1.29, 1.82) is 0 Å². The standard InChI is InChI=1S/C15H13FN6/c1-7-13(9-3-19-21-15(9)8(2)14(7)16)10-5-22-6-11(17)20-12(22)4-18-10/h3-6H,17H2,1-2H3,(H,19,21). The number of aromatic nitrogens is 5. The van der Waals surface area contributed by atoms with Crippen LogP contribution in [-0.2, 0) is 0 Å². The van der Waals surface area contributed by atoms with Crippen LogP contribution in [0.15, 0.2) is 24.8 Å². The average Bonchev–Trinajstić information content (AvgIpc) is 3.10. The molecular formula is C15H13FN6. The number of aromatic amines is 1. The van der Waals surface area contributed by atoms with E-state index in [1.165, 1.54) is 0 Å². The highest BCUT2D eigenvalue weighted by molar-refractivity contribution is 5.97. The summed E-state index contributed by atoms with van der Waals surface area (Å²) in [5, 5.41) is 7.73. The summed E-state index contributed by atoms with van der Waals surface area (Å²) < 4.78 is 16.3. The van der Waals surface area contributed by atoms with Crippen molar-refractivity contribution in [1.82, 2.24) is 24.6 Å². The van der Waals surface area contributed by atoms with E-state index in [9.17, 15) is 4.39 Å². The summed E-state index contributed by atoms with van der Waals surface area (Å²) in [6.45, 7) is 3.48. The van der Waals surface area contributed by atoms with Gasteiger partial charge in [0.1, 0.15) is 11.6 Å². The molecule has 3 aromatic heterocycles. The fraction of sp³-hybridized carbons (Fsp3) is 0.133. The fourth-order valence-corrected chi connectivity index (χ4v) is 2.84. The lowest BCUT2D eigenvalue weighted by atomic mass is 9.97. The number of anilines is 1. The van der Waals surface area contributed by atoms with Crippen LogP contribution in [0.1, 0.15) is 11.1 Å². The molecule has 0 aliphatic rings. The van der Waals surface area contributed by atoms with Gasteiger partial charge in [0, 0.05) is 22.7 Å². The molecule has 3 heterocycles.